The highest BCUT2D eigenvalue weighted by molar-refractivity contribution is 6.04. The number of Topliss-reactive ketones (excluding diaryl/α,β-unsaturated/α-hetero) is 1. The first-order valence-electron chi connectivity index (χ1n) is 13.5. The number of benzene rings is 2. The molecule has 2 aromatic carbocycles. The molecule has 0 spiro atoms. The number of dihydropyridines is 1. The molecule has 0 radical (unpaired) electrons. The molecule has 1 atom stereocenters. The molecule has 1 unspecified atom stereocenters. The van der Waals surface area contributed by atoms with Crippen LogP contribution >= 0.6 is 0 Å². The van der Waals surface area contributed by atoms with E-state index in [1.54, 1.807) is 7.11 Å². The summed E-state index contributed by atoms with van der Waals surface area (Å²) in [6, 6.07) is 15.6. The third-order valence-electron chi connectivity index (χ3n) is 7.20. The van der Waals surface area contributed by atoms with Crippen LogP contribution in [0.1, 0.15) is 76.8 Å². The standard InChI is InChI=1S/C32H39NO5/c1-6-7-11-16-37-31(35)28-21(2)33-24-18-32(3,4)19-25(34)30(24)29(28)23-14-15-26(27(17-23)36-5)38-20-22-12-9-8-10-13-22/h8-10,12-15,17,29,33H,6-7,11,16,18-20H2,1-5H3. The molecular weight excluding hydrogens is 478 g/mol. The molecule has 38 heavy (non-hydrogen) atoms. The van der Waals surface area contributed by atoms with Crippen LogP contribution in [0.25, 0.3) is 0 Å². The number of allylic oxidation sites excluding steroid dienone is 3. The van der Waals surface area contributed by atoms with E-state index in [4.69, 9.17) is 14.2 Å². The third-order valence-corrected chi connectivity index (χ3v) is 7.20. The average Bonchev–Trinajstić information content (AvgIpc) is 2.88. The molecule has 2 aliphatic rings. The van der Waals surface area contributed by atoms with E-state index in [0.717, 1.165) is 48.2 Å². The van der Waals surface area contributed by atoms with Crippen LogP contribution in [-0.2, 0) is 20.9 Å². The molecule has 0 aromatic heterocycles. The van der Waals surface area contributed by atoms with Crippen LogP contribution < -0.4 is 14.8 Å². The minimum atomic E-state index is -0.536. The first kappa shape index (κ1) is 27.5. The van der Waals surface area contributed by atoms with Gasteiger partial charge in [-0.1, -0.05) is 70.0 Å². The van der Waals surface area contributed by atoms with E-state index in [1.165, 1.54) is 0 Å². The smallest absolute Gasteiger partial charge is 0.336 e. The number of carbonyl (C=O) groups is 2. The lowest BCUT2D eigenvalue weighted by molar-refractivity contribution is -0.139. The predicted molar refractivity (Wildman–Crippen MR) is 148 cm³/mol. The SMILES string of the molecule is CCCCCOC(=O)C1=C(C)NC2=C(C(=O)CC(C)(C)C2)C1c1ccc(OCc2ccccc2)c(OC)c1. The van der Waals surface area contributed by atoms with Gasteiger partial charge in [0.05, 0.1) is 19.3 Å². The number of rotatable bonds is 10. The molecule has 0 amide bonds. The summed E-state index contributed by atoms with van der Waals surface area (Å²) in [5.41, 5.74) is 4.44. The fourth-order valence-corrected chi connectivity index (χ4v) is 5.35. The Bertz CT molecular complexity index is 1240. The van der Waals surface area contributed by atoms with Gasteiger partial charge < -0.3 is 19.5 Å². The summed E-state index contributed by atoms with van der Waals surface area (Å²) in [4.78, 5) is 27.0. The summed E-state index contributed by atoms with van der Waals surface area (Å²) in [6.45, 7) is 8.97. The fraction of sp³-hybridized carbons (Fsp3) is 0.438. The number of unbranched alkanes of at least 4 members (excludes halogenated alkanes) is 2. The first-order chi connectivity index (χ1) is 18.2. The Morgan fingerprint density at radius 2 is 1.82 bits per heavy atom. The van der Waals surface area contributed by atoms with Crippen LogP contribution in [0.3, 0.4) is 0 Å². The Balaban J connectivity index is 1.71. The van der Waals surface area contributed by atoms with E-state index in [-0.39, 0.29) is 17.2 Å². The van der Waals surface area contributed by atoms with Crippen molar-refractivity contribution in [1.82, 2.24) is 5.32 Å². The zero-order chi connectivity index (χ0) is 27.3. The molecule has 0 saturated heterocycles. The molecular formula is C32H39NO5. The number of ketones is 1. The molecule has 6 nitrogen and oxygen atoms in total. The molecule has 1 aliphatic heterocycles. The summed E-state index contributed by atoms with van der Waals surface area (Å²) in [6.07, 6.45) is 4.02. The van der Waals surface area contributed by atoms with Crippen molar-refractivity contribution in [1.29, 1.82) is 0 Å². The zero-order valence-corrected chi connectivity index (χ0v) is 23.2. The predicted octanol–water partition coefficient (Wildman–Crippen LogP) is 6.61. The van der Waals surface area contributed by atoms with Gasteiger partial charge in [0.15, 0.2) is 17.3 Å². The number of methoxy groups -OCH3 is 1. The number of esters is 1. The monoisotopic (exact) mass is 517 g/mol. The number of nitrogens with one attached hydrogen (secondary N) is 1. The quantitative estimate of drug-likeness (QED) is 0.282. The number of hydrogen-bond acceptors (Lipinski definition) is 6. The van der Waals surface area contributed by atoms with Crippen molar-refractivity contribution < 1.29 is 23.8 Å². The summed E-state index contributed by atoms with van der Waals surface area (Å²) in [7, 11) is 1.60. The number of carbonyl (C=O) groups excluding carboxylic acids is 2. The van der Waals surface area contributed by atoms with Gasteiger partial charge in [0.1, 0.15) is 6.61 Å². The fourth-order valence-electron chi connectivity index (χ4n) is 5.35. The largest absolute Gasteiger partial charge is 0.493 e. The summed E-state index contributed by atoms with van der Waals surface area (Å²) in [5.74, 6) is 0.287. The van der Waals surface area contributed by atoms with Crippen LogP contribution in [0.5, 0.6) is 11.5 Å². The summed E-state index contributed by atoms with van der Waals surface area (Å²) in [5, 5.41) is 3.40. The van der Waals surface area contributed by atoms with Crippen LogP contribution in [-0.4, -0.2) is 25.5 Å². The van der Waals surface area contributed by atoms with Gasteiger partial charge in [0.25, 0.3) is 0 Å². The second kappa shape index (κ2) is 11.9. The van der Waals surface area contributed by atoms with Gasteiger partial charge in [-0.15, -0.1) is 0 Å². The van der Waals surface area contributed by atoms with Crippen molar-refractivity contribution in [2.75, 3.05) is 13.7 Å². The molecule has 0 bridgehead atoms. The van der Waals surface area contributed by atoms with E-state index < -0.39 is 5.92 Å². The zero-order valence-electron chi connectivity index (χ0n) is 23.2. The van der Waals surface area contributed by atoms with Gasteiger partial charge in [-0.25, -0.2) is 4.79 Å². The molecule has 4 rings (SSSR count). The van der Waals surface area contributed by atoms with E-state index in [1.807, 2.05) is 55.5 Å². The average molecular weight is 518 g/mol. The van der Waals surface area contributed by atoms with E-state index >= 15 is 0 Å². The Morgan fingerprint density at radius 3 is 2.53 bits per heavy atom. The van der Waals surface area contributed by atoms with Crippen molar-refractivity contribution in [3.05, 3.63) is 82.2 Å². The minimum Gasteiger partial charge on any atom is -0.493 e. The molecule has 1 heterocycles. The highest BCUT2D eigenvalue weighted by Crippen LogP contribution is 2.48. The molecule has 1 N–H and O–H groups in total. The molecule has 0 saturated carbocycles. The van der Waals surface area contributed by atoms with E-state index in [2.05, 4.69) is 26.1 Å². The van der Waals surface area contributed by atoms with Crippen molar-refractivity contribution in [2.45, 2.75) is 72.3 Å². The van der Waals surface area contributed by atoms with Crippen molar-refractivity contribution >= 4 is 11.8 Å². The van der Waals surface area contributed by atoms with E-state index in [0.29, 0.717) is 42.3 Å². The van der Waals surface area contributed by atoms with E-state index in [9.17, 15) is 9.59 Å². The molecule has 2 aromatic rings. The lowest BCUT2D eigenvalue weighted by Gasteiger charge is -2.39. The highest BCUT2D eigenvalue weighted by atomic mass is 16.5. The van der Waals surface area contributed by atoms with Gasteiger partial charge >= 0.3 is 5.97 Å². The van der Waals surface area contributed by atoms with Crippen LogP contribution in [0.15, 0.2) is 71.1 Å². The topological polar surface area (TPSA) is 73.9 Å². The molecule has 0 fully saturated rings. The molecule has 6 heteroatoms. The van der Waals surface area contributed by atoms with Gasteiger partial charge in [-0.2, -0.15) is 0 Å². The lowest BCUT2D eigenvalue weighted by Crippen LogP contribution is -2.38. The van der Waals surface area contributed by atoms with Gasteiger partial charge in [-0.3, -0.25) is 4.79 Å². The summed E-state index contributed by atoms with van der Waals surface area (Å²) < 4.78 is 17.5. The van der Waals surface area contributed by atoms with Crippen molar-refractivity contribution in [3.8, 4) is 11.5 Å². The van der Waals surface area contributed by atoms with Crippen LogP contribution in [0, 0.1) is 5.41 Å². The first-order valence-corrected chi connectivity index (χ1v) is 13.5. The van der Waals surface area contributed by atoms with Crippen LogP contribution in [0.4, 0.5) is 0 Å². The summed E-state index contributed by atoms with van der Waals surface area (Å²) >= 11 is 0. The van der Waals surface area contributed by atoms with Gasteiger partial charge in [0, 0.05) is 29.3 Å². The Hall–Kier alpha value is -3.54. The minimum absolute atomic E-state index is 0.0564. The molecule has 202 valence electrons. The van der Waals surface area contributed by atoms with Gasteiger partial charge in [-0.05, 0) is 48.4 Å². The second-order valence-corrected chi connectivity index (χ2v) is 11.0. The Morgan fingerprint density at radius 1 is 1.05 bits per heavy atom. The second-order valence-electron chi connectivity index (χ2n) is 11.0. The Kier molecular flexibility index (Phi) is 8.60. The highest BCUT2D eigenvalue weighted by Gasteiger charge is 2.43. The maximum absolute atomic E-state index is 13.6. The van der Waals surface area contributed by atoms with Crippen molar-refractivity contribution in [3.63, 3.8) is 0 Å². The third kappa shape index (κ3) is 6.12. The van der Waals surface area contributed by atoms with Gasteiger partial charge in [0.2, 0.25) is 0 Å². The normalized spacial score (nSPS) is 18.6. The Labute approximate surface area is 226 Å². The maximum atomic E-state index is 13.6. The molecule has 1 aliphatic carbocycles. The number of hydrogen-bond donors (Lipinski definition) is 1. The lowest BCUT2D eigenvalue weighted by atomic mass is 9.68. The van der Waals surface area contributed by atoms with Crippen molar-refractivity contribution in [2.24, 2.45) is 5.41 Å². The number of ether oxygens (including phenoxy) is 3. The van der Waals surface area contributed by atoms with Crippen LogP contribution in [0.2, 0.25) is 0 Å². The maximum Gasteiger partial charge on any atom is 0.336 e.